The number of carbonyl (C=O) groups excluding carboxylic acids is 1. The van der Waals surface area contributed by atoms with Gasteiger partial charge in [0, 0.05) is 43.7 Å². The van der Waals surface area contributed by atoms with E-state index in [0.29, 0.717) is 37.8 Å². The van der Waals surface area contributed by atoms with E-state index in [-0.39, 0.29) is 30.1 Å². The van der Waals surface area contributed by atoms with Crippen molar-refractivity contribution < 1.29 is 24.1 Å². The van der Waals surface area contributed by atoms with Gasteiger partial charge in [-0.25, -0.2) is 4.39 Å². The molecule has 0 spiro atoms. The van der Waals surface area contributed by atoms with E-state index in [1.807, 2.05) is 0 Å². The van der Waals surface area contributed by atoms with Crippen molar-refractivity contribution in [2.75, 3.05) is 33.4 Å². The lowest BCUT2D eigenvalue weighted by molar-refractivity contribution is -0.0744. The molecule has 1 aliphatic heterocycles. The van der Waals surface area contributed by atoms with Gasteiger partial charge in [0.2, 0.25) is 5.56 Å². The first-order valence-electron chi connectivity index (χ1n) is 9.30. The number of nitrogens with zero attached hydrogens (tertiary/aromatic N) is 1. The zero-order valence-corrected chi connectivity index (χ0v) is 15.8. The van der Waals surface area contributed by atoms with Gasteiger partial charge in [-0.05, 0) is 37.5 Å². The fourth-order valence-corrected chi connectivity index (χ4v) is 3.95. The van der Waals surface area contributed by atoms with Crippen molar-refractivity contribution in [1.82, 2.24) is 9.88 Å². The largest absolute Gasteiger partial charge is 0.396 e. The molecule has 7 nitrogen and oxygen atoms in total. The van der Waals surface area contributed by atoms with E-state index in [4.69, 9.17) is 4.74 Å². The summed E-state index contributed by atoms with van der Waals surface area (Å²) in [7, 11) is 1.58. The number of aromatic amines is 1. The second-order valence-electron chi connectivity index (χ2n) is 7.39. The normalized spacial score (nSPS) is 22.6. The van der Waals surface area contributed by atoms with Crippen LogP contribution >= 0.6 is 0 Å². The topological polar surface area (TPSA) is 103 Å². The summed E-state index contributed by atoms with van der Waals surface area (Å²) in [6.45, 7) is 0.708. The number of amides is 1. The Morgan fingerprint density at radius 2 is 2.21 bits per heavy atom. The zero-order valence-electron chi connectivity index (χ0n) is 15.8. The summed E-state index contributed by atoms with van der Waals surface area (Å²) in [5.41, 5.74) is -0.900. The molecule has 2 atom stereocenters. The summed E-state index contributed by atoms with van der Waals surface area (Å²) in [5.74, 6) is -0.884. The number of methoxy groups -OCH3 is 1. The Balaban J connectivity index is 1.92. The fourth-order valence-electron chi connectivity index (χ4n) is 3.95. The maximum absolute atomic E-state index is 13.5. The number of H-pyrrole nitrogens is 1. The van der Waals surface area contributed by atoms with Crippen LogP contribution in [-0.4, -0.2) is 65.5 Å². The van der Waals surface area contributed by atoms with Gasteiger partial charge in [0.05, 0.1) is 23.8 Å². The highest BCUT2D eigenvalue weighted by atomic mass is 19.1. The number of aromatic nitrogens is 1. The number of fused-ring (bicyclic) bond motifs is 1. The Morgan fingerprint density at radius 1 is 1.43 bits per heavy atom. The molecule has 1 fully saturated rings. The molecule has 152 valence electrons. The molecule has 8 heteroatoms. The van der Waals surface area contributed by atoms with Crippen molar-refractivity contribution in [3.63, 3.8) is 0 Å². The summed E-state index contributed by atoms with van der Waals surface area (Å²) >= 11 is 0. The number of hydrogen-bond acceptors (Lipinski definition) is 5. The van der Waals surface area contributed by atoms with Crippen LogP contribution in [0.5, 0.6) is 0 Å². The Hall–Kier alpha value is -2.29. The van der Waals surface area contributed by atoms with Gasteiger partial charge in [-0.2, -0.15) is 0 Å². The van der Waals surface area contributed by atoms with Crippen LogP contribution in [0, 0.1) is 11.2 Å². The number of nitrogens with one attached hydrogen (secondary N) is 1. The highest BCUT2D eigenvalue weighted by Gasteiger charge is 2.43. The molecule has 0 radical (unpaired) electrons. The number of halogens is 1. The predicted octanol–water partition coefficient (Wildman–Crippen LogP) is 1.28. The van der Waals surface area contributed by atoms with E-state index in [1.165, 1.54) is 24.3 Å². The van der Waals surface area contributed by atoms with Crippen LogP contribution in [0.1, 0.15) is 29.6 Å². The molecule has 0 saturated carbocycles. The van der Waals surface area contributed by atoms with Crippen molar-refractivity contribution in [2.45, 2.75) is 25.4 Å². The SMILES string of the molecule is COCCC[C@@]1(CO)CN(C(=O)c2cc(=O)[nH]c3cc(F)ccc23)CC[C@H]1O. The summed E-state index contributed by atoms with van der Waals surface area (Å²) in [4.78, 5) is 29.2. The lowest BCUT2D eigenvalue weighted by Gasteiger charge is -2.45. The second kappa shape index (κ2) is 8.38. The van der Waals surface area contributed by atoms with E-state index in [2.05, 4.69) is 4.98 Å². The highest BCUT2D eigenvalue weighted by molar-refractivity contribution is 6.06. The van der Waals surface area contributed by atoms with Crippen molar-refractivity contribution >= 4 is 16.8 Å². The summed E-state index contributed by atoms with van der Waals surface area (Å²) in [6, 6.07) is 5.08. The van der Waals surface area contributed by atoms with Gasteiger partial charge < -0.3 is 24.8 Å². The van der Waals surface area contributed by atoms with Crippen molar-refractivity contribution in [3.05, 3.63) is 46.0 Å². The van der Waals surface area contributed by atoms with Crippen LogP contribution < -0.4 is 5.56 Å². The first-order valence-corrected chi connectivity index (χ1v) is 9.30. The lowest BCUT2D eigenvalue weighted by Crippen LogP contribution is -2.55. The number of pyridine rings is 1. The maximum Gasteiger partial charge on any atom is 0.254 e. The molecule has 1 aromatic heterocycles. The number of rotatable bonds is 6. The van der Waals surface area contributed by atoms with Gasteiger partial charge in [-0.1, -0.05) is 0 Å². The molecule has 1 saturated heterocycles. The molecule has 1 aromatic carbocycles. The molecule has 1 aliphatic rings. The number of benzene rings is 1. The Kier molecular flexibility index (Phi) is 6.12. The highest BCUT2D eigenvalue weighted by Crippen LogP contribution is 2.35. The minimum atomic E-state index is -0.838. The molecule has 2 heterocycles. The second-order valence-corrected chi connectivity index (χ2v) is 7.39. The van der Waals surface area contributed by atoms with Crippen molar-refractivity contribution in [1.29, 1.82) is 0 Å². The Labute approximate surface area is 161 Å². The lowest BCUT2D eigenvalue weighted by atomic mass is 9.74. The van der Waals surface area contributed by atoms with Gasteiger partial charge in [0.25, 0.3) is 5.91 Å². The molecule has 3 rings (SSSR count). The molecule has 0 aliphatic carbocycles. The molecule has 1 amide bonds. The first kappa shape index (κ1) is 20.4. The number of likely N-dealkylation sites (tertiary alicyclic amines) is 1. The van der Waals surface area contributed by atoms with Crippen LogP contribution in [-0.2, 0) is 4.74 Å². The van der Waals surface area contributed by atoms with E-state index in [0.717, 1.165) is 0 Å². The number of carbonyl (C=O) groups is 1. The maximum atomic E-state index is 13.5. The fraction of sp³-hybridized carbons (Fsp3) is 0.500. The molecular weight excluding hydrogens is 367 g/mol. The van der Waals surface area contributed by atoms with E-state index in [1.54, 1.807) is 12.0 Å². The van der Waals surface area contributed by atoms with Crippen LogP contribution in [0.3, 0.4) is 0 Å². The van der Waals surface area contributed by atoms with Gasteiger partial charge in [-0.3, -0.25) is 9.59 Å². The number of ether oxygens (including phenoxy) is 1. The average molecular weight is 392 g/mol. The molecule has 3 N–H and O–H groups in total. The van der Waals surface area contributed by atoms with Crippen molar-refractivity contribution in [2.24, 2.45) is 5.41 Å². The van der Waals surface area contributed by atoms with Gasteiger partial charge in [0.1, 0.15) is 5.82 Å². The quantitative estimate of drug-likeness (QED) is 0.643. The smallest absolute Gasteiger partial charge is 0.254 e. The zero-order chi connectivity index (χ0) is 20.3. The third-order valence-corrected chi connectivity index (χ3v) is 5.55. The minimum absolute atomic E-state index is 0.169. The van der Waals surface area contributed by atoms with E-state index in [9.17, 15) is 24.2 Å². The van der Waals surface area contributed by atoms with Crippen LogP contribution in [0.4, 0.5) is 4.39 Å². The molecule has 0 bridgehead atoms. The van der Waals surface area contributed by atoms with Crippen LogP contribution in [0.25, 0.3) is 10.9 Å². The summed E-state index contributed by atoms with van der Waals surface area (Å²) < 4.78 is 18.6. The standard InChI is InChI=1S/C20H25FN2O5/c1-28-8-2-6-20(12-24)11-23(7-5-17(20)25)19(27)15-10-18(26)22-16-9-13(21)3-4-14(15)16/h3-4,9-10,17,24-25H,2,5-8,11-12H2,1H3,(H,22,26)/t17-,20+/m1/s1. The van der Waals surface area contributed by atoms with Crippen LogP contribution in [0.2, 0.25) is 0 Å². The van der Waals surface area contributed by atoms with Gasteiger partial charge in [0.15, 0.2) is 0 Å². The molecule has 0 unspecified atom stereocenters. The number of aliphatic hydroxyl groups excluding tert-OH is 2. The summed E-state index contributed by atoms with van der Waals surface area (Å²) in [5, 5.41) is 20.9. The molecule has 28 heavy (non-hydrogen) atoms. The Morgan fingerprint density at radius 3 is 2.93 bits per heavy atom. The summed E-state index contributed by atoms with van der Waals surface area (Å²) in [6.07, 6.45) is 0.741. The minimum Gasteiger partial charge on any atom is -0.396 e. The number of piperidine rings is 1. The average Bonchev–Trinajstić information content (AvgIpc) is 2.68. The molecule has 2 aromatic rings. The van der Waals surface area contributed by atoms with E-state index < -0.39 is 22.9 Å². The van der Waals surface area contributed by atoms with E-state index >= 15 is 0 Å². The molecular formula is C20H25FN2O5. The number of aliphatic hydroxyl groups is 2. The monoisotopic (exact) mass is 392 g/mol. The van der Waals surface area contributed by atoms with Crippen LogP contribution in [0.15, 0.2) is 29.1 Å². The first-order chi connectivity index (χ1) is 13.4. The Bertz CT molecular complexity index is 915. The third-order valence-electron chi connectivity index (χ3n) is 5.55. The van der Waals surface area contributed by atoms with Gasteiger partial charge >= 0.3 is 0 Å². The van der Waals surface area contributed by atoms with Gasteiger partial charge in [-0.15, -0.1) is 0 Å². The third kappa shape index (κ3) is 3.94. The van der Waals surface area contributed by atoms with Crippen molar-refractivity contribution in [3.8, 4) is 0 Å². The number of hydrogen-bond donors (Lipinski definition) is 3. The predicted molar refractivity (Wildman–Crippen MR) is 102 cm³/mol.